The summed E-state index contributed by atoms with van der Waals surface area (Å²) in [5.74, 6) is 7.35. The zero-order valence-electron chi connectivity index (χ0n) is 12.0. The fraction of sp³-hybridized carbons (Fsp3) is 0.438. The molecule has 108 valence electrons. The molecule has 0 fully saturated rings. The molecule has 0 bridgehead atoms. The lowest BCUT2D eigenvalue weighted by molar-refractivity contribution is -0.147. The molecule has 0 aromatic heterocycles. The van der Waals surface area contributed by atoms with Crippen molar-refractivity contribution in [3.05, 3.63) is 34.3 Å². The summed E-state index contributed by atoms with van der Waals surface area (Å²) in [6, 6.07) is 7.84. The van der Waals surface area contributed by atoms with E-state index in [1.807, 2.05) is 38.1 Å². The van der Waals surface area contributed by atoms with Crippen molar-refractivity contribution < 1.29 is 9.53 Å². The number of carbonyl (C=O) groups excluding carboxylic acids is 1. The van der Waals surface area contributed by atoms with Gasteiger partial charge < -0.3 is 4.74 Å². The van der Waals surface area contributed by atoms with Gasteiger partial charge in [0.25, 0.3) is 0 Å². The Morgan fingerprint density at radius 2 is 2.25 bits per heavy atom. The first-order chi connectivity index (χ1) is 9.54. The van der Waals surface area contributed by atoms with E-state index in [0.717, 1.165) is 28.0 Å². The average Bonchev–Trinajstić information content (AvgIpc) is 2.46. The van der Waals surface area contributed by atoms with E-state index in [9.17, 15) is 4.79 Å². The number of esters is 1. The van der Waals surface area contributed by atoms with Crippen LogP contribution in [0.4, 0.5) is 0 Å². The van der Waals surface area contributed by atoms with Crippen LogP contribution in [0.3, 0.4) is 0 Å². The molecular weight excluding hydrogens is 336 g/mol. The summed E-state index contributed by atoms with van der Waals surface area (Å²) in [5, 5.41) is 0. The van der Waals surface area contributed by atoms with Crippen LogP contribution in [0.5, 0.6) is 0 Å². The van der Waals surface area contributed by atoms with Gasteiger partial charge in [0.05, 0.1) is 18.3 Å². The number of methoxy groups -OCH3 is 1. The maximum absolute atomic E-state index is 12.2. The first-order valence-electron chi connectivity index (χ1n) is 6.36. The second-order valence-electron chi connectivity index (χ2n) is 4.56. The summed E-state index contributed by atoms with van der Waals surface area (Å²) >= 11 is 5.19. The third-order valence-corrected chi connectivity index (χ3v) is 4.53. The lowest BCUT2D eigenvalue weighted by atomic mass is 9.80. The fourth-order valence-corrected chi connectivity index (χ4v) is 3.24. The predicted molar refractivity (Wildman–Crippen MR) is 88.9 cm³/mol. The SMILES string of the molecule is CC#CCSCCC(C)(C(=O)OC)c1cccc(Br)c1. The van der Waals surface area contributed by atoms with Crippen LogP contribution in [0.15, 0.2) is 28.7 Å². The van der Waals surface area contributed by atoms with E-state index >= 15 is 0 Å². The standard InChI is InChI=1S/C16H19BrO2S/c1-4-5-10-20-11-9-16(2,15(18)19-3)13-7-6-8-14(17)12-13/h6-8,12H,9-11H2,1-3H3. The molecule has 0 radical (unpaired) electrons. The van der Waals surface area contributed by atoms with Crippen molar-refractivity contribution in [3.8, 4) is 11.8 Å². The molecule has 1 unspecified atom stereocenters. The fourth-order valence-electron chi connectivity index (χ4n) is 1.89. The third kappa shape index (κ3) is 4.57. The Bertz CT molecular complexity index is 519. The van der Waals surface area contributed by atoms with Crippen molar-refractivity contribution in [3.63, 3.8) is 0 Å². The molecule has 0 heterocycles. The highest BCUT2D eigenvalue weighted by molar-refractivity contribution is 9.10. The number of hydrogen-bond donors (Lipinski definition) is 0. The zero-order valence-corrected chi connectivity index (χ0v) is 14.4. The Kier molecular flexibility index (Phi) is 7.18. The quantitative estimate of drug-likeness (QED) is 0.438. The molecule has 0 N–H and O–H groups in total. The van der Waals surface area contributed by atoms with Crippen LogP contribution < -0.4 is 0 Å². The van der Waals surface area contributed by atoms with Crippen LogP contribution in [-0.2, 0) is 14.9 Å². The molecule has 1 aromatic carbocycles. The highest BCUT2D eigenvalue weighted by atomic mass is 79.9. The van der Waals surface area contributed by atoms with Crippen molar-refractivity contribution in [2.45, 2.75) is 25.7 Å². The summed E-state index contributed by atoms with van der Waals surface area (Å²) in [4.78, 5) is 12.2. The van der Waals surface area contributed by atoms with E-state index in [2.05, 4.69) is 27.8 Å². The van der Waals surface area contributed by atoms with Crippen molar-refractivity contribution in [1.82, 2.24) is 0 Å². The predicted octanol–water partition coefficient (Wildman–Crippen LogP) is 4.03. The number of benzene rings is 1. The van der Waals surface area contributed by atoms with Crippen LogP contribution in [0.25, 0.3) is 0 Å². The maximum Gasteiger partial charge on any atom is 0.316 e. The van der Waals surface area contributed by atoms with E-state index in [0.29, 0.717) is 0 Å². The van der Waals surface area contributed by atoms with Crippen molar-refractivity contribution in [1.29, 1.82) is 0 Å². The van der Waals surface area contributed by atoms with Crippen LogP contribution in [0, 0.1) is 11.8 Å². The van der Waals surface area contributed by atoms with Crippen molar-refractivity contribution in [2.75, 3.05) is 18.6 Å². The molecule has 0 spiro atoms. The average molecular weight is 355 g/mol. The molecule has 2 nitrogen and oxygen atoms in total. The summed E-state index contributed by atoms with van der Waals surface area (Å²) in [5.41, 5.74) is 0.353. The van der Waals surface area contributed by atoms with Crippen molar-refractivity contribution in [2.24, 2.45) is 0 Å². The highest BCUT2D eigenvalue weighted by Gasteiger charge is 2.36. The van der Waals surface area contributed by atoms with Crippen LogP contribution >= 0.6 is 27.7 Å². The minimum atomic E-state index is -0.620. The van der Waals surface area contributed by atoms with Crippen LogP contribution in [0.1, 0.15) is 25.8 Å². The molecule has 1 aromatic rings. The molecule has 0 aliphatic rings. The number of rotatable bonds is 6. The van der Waals surface area contributed by atoms with Gasteiger partial charge in [0.2, 0.25) is 0 Å². The first-order valence-corrected chi connectivity index (χ1v) is 8.31. The van der Waals surface area contributed by atoms with Gasteiger partial charge in [-0.2, -0.15) is 0 Å². The molecule has 0 aliphatic heterocycles. The molecule has 4 heteroatoms. The normalized spacial score (nSPS) is 13.0. The molecular formula is C16H19BrO2S. The lowest BCUT2D eigenvalue weighted by Crippen LogP contribution is -2.34. The lowest BCUT2D eigenvalue weighted by Gasteiger charge is -2.27. The zero-order chi connectivity index (χ0) is 15.0. The second-order valence-corrected chi connectivity index (χ2v) is 6.58. The largest absolute Gasteiger partial charge is 0.468 e. The molecule has 0 amide bonds. The van der Waals surface area contributed by atoms with Gasteiger partial charge in [-0.1, -0.05) is 34.0 Å². The van der Waals surface area contributed by atoms with Gasteiger partial charge in [0.15, 0.2) is 0 Å². The van der Waals surface area contributed by atoms with E-state index in [1.165, 1.54) is 7.11 Å². The topological polar surface area (TPSA) is 26.3 Å². The van der Waals surface area contributed by atoms with Crippen LogP contribution in [0.2, 0.25) is 0 Å². The van der Waals surface area contributed by atoms with Gasteiger partial charge in [-0.15, -0.1) is 17.7 Å². The number of halogens is 1. The first kappa shape index (κ1) is 17.1. The summed E-state index contributed by atoms with van der Waals surface area (Å²) in [7, 11) is 1.44. The Morgan fingerprint density at radius 3 is 2.85 bits per heavy atom. The Labute approximate surface area is 133 Å². The van der Waals surface area contributed by atoms with E-state index in [4.69, 9.17) is 4.74 Å². The number of thioether (sulfide) groups is 1. The maximum atomic E-state index is 12.2. The molecule has 1 atom stereocenters. The van der Waals surface area contributed by atoms with Gasteiger partial charge in [-0.25, -0.2) is 0 Å². The molecule has 0 saturated carbocycles. The van der Waals surface area contributed by atoms with Gasteiger partial charge in [0.1, 0.15) is 0 Å². The summed E-state index contributed by atoms with van der Waals surface area (Å²) in [6.07, 6.45) is 0.728. The molecule has 1 rings (SSSR count). The summed E-state index contributed by atoms with van der Waals surface area (Å²) in [6.45, 7) is 3.77. The van der Waals surface area contributed by atoms with Gasteiger partial charge in [-0.05, 0) is 43.7 Å². The van der Waals surface area contributed by atoms with Crippen molar-refractivity contribution >= 4 is 33.7 Å². The molecule has 0 aliphatic carbocycles. The van der Waals surface area contributed by atoms with E-state index in [1.54, 1.807) is 11.8 Å². The molecule has 20 heavy (non-hydrogen) atoms. The Morgan fingerprint density at radius 1 is 1.50 bits per heavy atom. The third-order valence-electron chi connectivity index (χ3n) is 3.20. The number of carbonyl (C=O) groups is 1. The highest BCUT2D eigenvalue weighted by Crippen LogP contribution is 2.32. The Hall–Kier alpha value is -0.920. The smallest absolute Gasteiger partial charge is 0.316 e. The van der Waals surface area contributed by atoms with E-state index < -0.39 is 5.41 Å². The Balaban J connectivity index is 2.86. The minimum Gasteiger partial charge on any atom is -0.468 e. The second kappa shape index (κ2) is 8.39. The minimum absolute atomic E-state index is 0.197. The van der Waals surface area contributed by atoms with E-state index in [-0.39, 0.29) is 5.97 Å². The number of hydrogen-bond acceptors (Lipinski definition) is 3. The number of ether oxygens (including phenoxy) is 1. The monoisotopic (exact) mass is 354 g/mol. The van der Waals surface area contributed by atoms with Crippen LogP contribution in [-0.4, -0.2) is 24.6 Å². The molecule has 0 saturated heterocycles. The van der Waals surface area contributed by atoms with Gasteiger partial charge >= 0.3 is 5.97 Å². The van der Waals surface area contributed by atoms with Gasteiger partial charge in [-0.3, -0.25) is 4.79 Å². The van der Waals surface area contributed by atoms with Gasteiger partial charge in [0, 0.05) is 4.47 Å². The summed E-state index contributed by atoms with van der Waals surface area (Å²) < 4.78 is 5.96.